The highest BCUT2D eigenvalue weighted by molar-refractivity contribution is 5.41. The van der Waals surface area contributed by atoms with Crippen molar-refractivity contribution in [2.75, 3.05) is 13.7 Å². The lowest BCUT2D eigenvalue weighted by molar-refractivity contribution is -0.00870. The van der Waals surface area contributed by atoms with E-state index in [1.807, 2.05) is 0 Å². The monoisotopic (exact) mass is 314 g/mol. The van der Waals surface area contributed by atoms with E-state index in [9.17, 15) is 5.11 Å². The van der Waals surface area contributed by atoms with Gasteiger partial charge in [-0.05, 0) is 90.4 Å². The zero-order valence-corrected chi connectivity index (χ0v) is 14.7. The van der Waals surface area contributed by atoms with Crippen LogP contribution in [-0.2, 0) is 6.42 Å². The van der Waals surface area contributed by atoms with Crippen LogP contribution in [0.3, 0.4) is 0 Å². The zero-order valence-electron chi connectivity index (χ0n) is 14.7. The van der Waals surface area contributed by atoms with Crippen molar-refractivity contribution in [2.45, 2.75) is 51.9 Å². The molecule has 0 saturated heterocycles. The highest BCUT2D eigenvalue weighted by Crippen LogP contribution is 2.63. The van der Waals surface area contributed by atoms with Crippen LogP contribution in [0.1, 0.15) is 56.6 Å². The van der Waals surface area contributed by atoms with Gasteiger partial charge in [0.15, 0.2) is 0 Å². The SMILES string of the molecule is COc1ccc2c(c1)C[C@@H](C)[C@@H]1[C@@H]2CC[C@]2(C)[C@H](CO)CC[C@H]12. The van der Waals surface area contributed by atoms with Crippen LogP contribution in [0.5, 0.6) is 5.75 Å². The van der Waals surface area contributed by atoms with Crippen LogP contribution in [0, 0.1) is 29.1 Å². The number of ether oxygens (including phenoxy) is 1. The Balaban J connectivity index is 1.71. The second-order valence-corrected chi connectivity index (χ2v) is 8.54. The summed E-state index contributed by atoms with van der Waals surface area (Å²) < 4.78 is 5.44. The van der Waals surface area contributed by atoms with Gasteiger partial charge in [-0.2, -0.15) is 0 Å². The maximum Gasteiger partial charge on any atom is 0.119 e. The van der Waals surface area contributed by atoms with Crippen LogP contribution in [0.2, 0.25) is 0 Å². The maximum atomic E-state index is 9.83. The van der Waals surface area contributed by atoms with Gasteiger partial charge in [0.1, 0.15) is 5.75 Å². The fourth-order valence-electron chi connectivity index (χ4n) is 6.49. The van der Waals surface area contributed by atoms with Gasteiger partial charge in [0.2, 0.25) is 0 Å². The summed E-state index contributed by atoms with van der Waals surface area (Å²) in [6.07, 6.45) is 6.30. The van der Waals surface area contributed by atoms with Crippen molar-refractivity contribution in [3.05, 3.63) is 29.3 Å². The second kappa shape index (κ2) is 5.51. The molecule has 2 heteroatoms. The Kier molecular flexibility index (Phi) is 3.72. The molecule has 3 aliphatic rings. The second-order valence-electron chi connectivity index (χ2n) is 8.54. The number of hydrogen-bond acceptors (Lipinski definition) is 2. The Morgan fingerprint density at radius 2 is 2.09 bits per heavy atom. The summed E-state index contributed by atoms with van der Waals surface area (Å²) in [5.41, 5.74) is 3.47. The normalized spacial score (nSPS) is 41.8. The molecule has 1 aromatic rings. The average molecular weight is 314 g/mol. The van der Waals surface area contributed by atoms with E-state index in [1.54, 1.807) is 12.7 Å². The molecule has 0 bridgehead atoms. The highest BCUT2D eigenvalue weighted by atomic mass is 16.5. The largest absolute Gasteiger partial charge is 0.497 e. The molecule has 4 rings (SSSR count). The summed E-state index contributed by atoms with van der Waals surface area (Å²) in [5.74, 6) is 4.57. The molecule has 0 aromatic heterocycles. The summed E-state index contributed by atoms with van der Waals surface area (Å²) in [5, 5.41) is 9.83. The predicted molar refractivity (Wildman–Crippen MR) is 92.7 cm³/mol. The molecule has 0 radical (unpaired) electrons. The minimum absolute atomic E-state index is 0.369. The van der Waals surface area contributed by atoms with E-state index < -0.39 is 0 Å². The van der Waals surface area contributed by atoms with Gasteiger partial charge in [0.05, 0.1) is 7.11 Å². The first-order chi connectivity index (χ1) is 11.1. The summed E-state index contributed by atoms with van der Waals surface area (Å²) in [7, 11) is 1.76. The Labute approximate surface area is 140 Å². The first-order valence-electron chi connectivity index (χ1n) is 9.36. The van der Waals surface area contributed by atoms with Crippen LogP contribution in [0.25, 0.3) is 0 Å². The molecule has 2 saturated carbocycles. The molecule has 1 N–H and O–H groups in total. The van der Waals surface area contributed by atoms with Crippen LogP contribution in [0.15, 0.2) is 18.2 Å². The Bertz CT molecular complexity index is 596. The van der Waals surface area contributed by atoms with Gasteiger partial charge in [-0.15, -0.1) is 0 Å². The lowest BCUT2D eigenvalue weighted by Gasteiger charge is -2.53. The quantitative estimate of drug-likeness (QED) is 0.876. The zero-order chi connectivity index (χ0) is 16.2. The van der Waals surface area contributed by atoms with E-state index in [1.165, 1.54) is 37.7 Å². The summed E-state index contributed by atoms with van der Waals surface area (Å²) in [6.45, 7) is 5.31. The van der Waals surface area contributed by atoms with E-state index in [0.29, 0.717) is 17.9 Å². The van der Waals surface area contributed by atoms with E-state index in [4.69, 9.17) is 4.74 Å². The van der Waals surface area contributed by atoms with E-state index in [2.05, 4.69) is 32.0 Å². The maximum absolute atomic E-state index is 9.83. The molecule has 1 aromatic carbocycles. The molecule has 3 aliphatic carbocycles. The number of fused-ring (bicyclic) bond motifs is 5. The summed E-state index contributed by atoms with van der Waals surface area (Å²) >= 11 is 0. The van der Waals surface area contributed by atoms with Crippen LogP contribution < -0.4 is 4.74 Å². The minimum Gasteiger partial charge on any atom is -0.497 e. The van der Waals surface area contributed by atoms with Gasteiger partial charge in [-0.1, -0.05) is 19.9 Å². The van der Waals surface area contributed by atoms with E-state index in [-0.39, 0.29) is 0 Å². The summed E-state index contributed by atoms with van der Waals surface area (Å²) in [6, 6.07) is 6.74. The smallest absolute Gasteiger partial charge is 0.119 e. The third kappa shape index (κ3) is 2.17. The molecule has 126 valence electrons. The number of benzene rings is 1. The van der Waals surface area contributed by atoms with Gasteiger partial charge >= 0.3 is 0 Å². The van der Waals surface area contributed by atoms with Crippen LogP contribution in [0.4, 0.5) is 0 Å². The number of methoxy groups -OCH3 is 1. The lowest BCUT2D eigenvalue weighted by Crippen LogP contribution is -2.45. The van der Waals surface area contributed by atoms with Crippen molar-refractivity contribution in [1.82, 2.24) is 0 Å². The van der Waals surface area contributed by atoms with Gasteiger partial charge < -0.3 is 9.84 Å². The number of rotatable bonds is 2. The van der Waals surface area contributed by atoms with Gasteiger partial charge in [0.25, 0.3) is 0 Å². The molecule has 0 spiro atoms. The number of aliphatic hydroxyl groups excluding tert-OH is 1. The van der Waals surface area contributed by atoms with Crippen molar-refractivity contribution < 1.29 is 9.84 Å². The van der Waals surface area contributed by atoms with Crippen LogP contribution >= 0.6 is 0 Å². The first-order valence-corrected chi connectivity index (χ1v) is 9.36. The molecular weight excluding hydrogens is 284 g/mol. The first kappa shape index (κ1) is 15.5. The lowest BCUT2D eigenvalue weighted by atomic mass is 9.52. The molecule has 2 nitrogen and oxygen atoms in total. The highest BCUT2D eigenvalue weighted by Gasteiger charge is 2.55. The van der Waals surface area contributed by atoms with Crippen molar-refractivity contribution >= 4 is 0 Å². The average Bonchev–Trinajstić information content (AvgIpc) is 2.90. The van der Waals surface area contributed by atoms with Crippen molar-refractivity contribution in [1.29, 1.82) is 0 Å². The minimum atomic E-state index is 0.369. The Morgan fingerprint density at radius 3 is 2.83 bits per heavy atom. The molecule has 0 heterocycles. The standard InChI is InChI=1S/C21H30O2/c1-13-10-14-11-16(23-3)5-6-17(14)18-8-9-21(2)15(12-22)4-7-19(21)20(13)18/h5-6,11,13,15,18-20,22H,4,7-10,12H2,1-3H3/t13-,15+,18-,19-,20-,21-/m1/s1. The molecule has 2 fully saturated rings. The molecule has 0 aliphatic heterocycles. The van der Waals surface area contributed by atoms with Gasteiger partial charge in [-0.25, -0.2) is 0 Å². The third-order valence-electron chi connectivity index (χ3n) is 7.70. The topological polar surface area (TPSA) is 29.5 Å². The van der Waals surface area contributed by atoms with E-state index >= 15 is 0 Å². The Hall–Kier alpha value is -1.02. The molecule has 0 unspecified atom stereocenters. The van der Waals surface area contributed by atoms with Crippen molar-refractivity contribution in [3.8, 4) is 5.75 Å². The van der Waals surface area contributed by atoms with Gasteiger partial charge in [0, 0.05) is 6.61 Å². The van der Waals surface area contributed by atoms with Crippen molar-refractivity contribution in [3.63, 3.8) is 0 Å². The van der Waals surface area contributed by atoms with Gasteiger partial charge in [-0.3, -0.25) is 0 Å². The molecule has 23 heavy (non-hydrogen) atoms. The molecular formula is C21H30O2. The predicted octanol–water partition coefficient (Wildman–Crippen LogP) is 4.41. The molecule has 6 atom stereocenters. The van der Waals surface area contributed by atoms with E-state index in [0.717, 1.165) is 29.4 Å². The Morgan fingerprint density at radius 1 is 1.26 bits per heavy atom. The van der Waals surface area contributed by atoms with Crippen molar-refractivity contribution in [2.24, 2.45) is 29.1 Å². The third-order valence-corrected chi connectivity index (χ3v) is 7.70. The summed E-state index contributed by atoms with van der Waals surface area (Å²) in [4.78, 5) is 0. The number of hydrogen-bond donors (Lipinski definition) is 1. The van der Waals surface area contributed by atoms with Crippen LogP contribution in [-0.4, -0.2) is 18.8 Å². The fourth-order valence-corrected chi connectivity index (χ4v) is 6.49. The molecule has 0 amide bonds. The fraction of sp³-hybridized carbons (Fsp3) is 0.714. The number of aliphatic hydroxyl groups is 1.